The Kier molecular flexibility index (Phi) is 5.47. The fourth-order valence-electron chi connectivity index (χ4n) is 1.45. The number of ether oxygens (including phenoxy) is 1. The van der Waals surface area contributed by atoms with Gasteiger partial charge in [-0.3, -0.25) is 4.79 Å². The molecule has 1 aromatic rings. The van der Waals surface area contributed by atoms with E-state index in [1.807, 2.05) is 31.2 Å². The summed E-state index contributed by atoms with van der Waals surface area (Å²) >= 11 is 0. The number of ketones is 1. The molecular formula is C15H20O2. The van der Waals surface area contributed by atoms with Gasteiger partial charge < -0.3 is 4.74 Å². The maximum atomic E-state index is 11.7. The summed E-state index contributed by atoms with van der Waals surface area (Å²) in [5.41, 5.74) is 1.61. The molecule has 92 valence electrons. The Morgan fingerprint density at radius 2 is 1.94 bits per heavy atom. The third-order valence-electron chi connectivity index (χ3n) is 2.41. The Hall–Kier alpha value is -1.57. The third-order valence-corrected chi connectivity index (χ3v) is 2.41. The second-order valence-corrected chi connectivity index (χ2v) is 4.28. The van der Waals surface area contributed by atoms with Crippen LogP contribution < -0.4 is 4.74 Å². The van der Waals surface area contributed by atoms with Gasteiger partial charge >= 0.3 is 0 Å². The molecule has 0 atom stereocenters. The van der Waals surface area contributed by atoms with Crippen LogP contribution in [0.4, 0.5) is 0 Å². The van der Waals surface area contributed by atoms with Gasteiger partial charge in [0.25, 0.3) is 0 Å². The van der Waals surface area contributed by atoms with Crippen LogP contribution in [0.2, 0.25) is 0 Å². The average molecular weight is 232 g/mol. The van der Waals surface area contributed by atoms with Crippen LogP contribution >= 0.6 is 0 Å². The maximum Gasteiger partial charge on any atom is 0.166 e. The molecule has 0 heterocycles. The molecule has 0 saturated heterocycles. The Morgan fingerprint density at radius 1 is 1.29 bits per heavy atom. The second-order valence-electron chi connectivity index (χ2n) is 4.28. The standard InChI is InChI=1S/C15H20O2/c1-4-5-10-17-14-8-6-13(7-9-14)15(16)11-12(2)3/h6-9H,2,4-5,10-11H2,1,3H3. The largest absolute Gasteiger partial charge is 0.494 e. The highest BCUT2D eigenvalue weighted by atomic mass is 16.5. The molecule has 0 aliphatic rings. The Morgan fingerprint density at radius 3 is 2.47 bits per heavy atom. The van der Waals surface area contributed by atoms with Gasteiger partial charge in [-0.05, 0) is 37.6 Å². The highest BCUT2D eigenvalue weighted by molar-refractivity contribution is 5.97. The van der Waals surface area contributed by atoms with Gasteiger partial charge in [-0.25, -0.2) is 0 Å². The van der Waals surface area contributed by atoms with Crippen molar-refractivity contribution in [3.63, 3.8) is 0 Å². The highest BCUT2D eigenvalue weighted by Crippen LogP contribution is 2.15. The molecule has 0 fully saturated rings. The molecular weight excluding hydrogens is 212 g/mol. The first-order chi connectivity index (χ1) is 8.13. The normalized spacial score (nSPS) is 10.0. The molecule has 0 spiro atoms. The first-order valence-electron chi connectivity index (χ1n) is 6.04. The number of hydrogen-bond donors (Lipinski definition) is 0. The summed E-state index contributed by atoms with van der Waals surface area (Å²) in [5.74, 6) is 0.933. The van der Waals surface area contributed by atoms with E-state index in [1.165, 1.54) is 0 Å². The predicted molar refractivity (Wildman–Crippen MR) is 70.6 cm³/mol. The zero-order chi connectivity index (χ0) is 12.7. The summed E-state index contributed by atoms with van der Waals surface area (Å²) in [6.45, 7) is 8.46. The lowest BCUT2D eigenvalue weighted by Gasteiger charge is -2.06. The van der Waals surface area contributed by atoms with Crippen molar-refractivity contribution in [2.45, 2.75) is 33.1 Å². The molecule has 0 saturated carbocycles. The number of carbonyl (C=O) groups excluding carboxylic acids is 1. The smallest absolute Gasteiger partial charge is 0.166 e. The molecule has 0 aliphatic heterocycles. The minimum Gasteiger partial charge on any atom is -0.494 e. The molecule has 0 bridgehead atoms. The van der Waals surface area contributed by atoms with Gasteiger partial charge in [0, 0.05) is 12.0 Å². The summed E-state index contributed by atoms with van der Waals surface area (Å²) in [6.07, 6.45) is 2.58. The minimum atomic E-state index is 0.109. The van der Waals surface area contributed by atoms with E-state index in [9.17, 15) is 4.79 Å². The molecule has 0 N–H and O–H groups in total. The molecule has 0 aromatic heterocycles. The molecule has 0 radical (unpaired) electrons. The molecule has 0 amide bonds. The van der Waals surface area contributed by atoms with Crippen LogP contribution in [0.1, 0.15) is 43.5 Å². The SMILES string of the molecule is C=C(C)CC(=O)c1ccc(OCCCC)cc1. The lowest BCUT2D eigenvalue weighted by atomic mass is 10.1. The van der Waals surface area contributed by atoms with E-state index in [4.69, 9.17) is 4.74 Å². The lowest BCUT2D eigenvalue weighted by molar-refractivity contribution is 0.0993. The van der Waals surface area contributed by atoms with E-state index in [0.29, 0.717) is 6.42 Å². The van der Waals surface area contributed by atoms with Crippen molar-refractivity contribution in [1.29, 1.82) is 0 Å². The zero-order valence-corrected chi connectivity index (χ0v) is 10.7. The lowest BCUT2D eigenvalue weighted by Crippen LogP contribution is -2.00. The monoisotopic (exact) mass is 232 g/mol. The molecule has 1 aromatic carbocycles. The van der Waals surface area contributed by atoms with Gasteiger partial charge in [0.15, 0.2) is 5.78 Å². The van der Waals surface area contributed by atoms with Gasteiger partial charge in [0.2, 0.25) is 0 Å². The summed E-state index contributed by atoms with van der Waals surface area (Å²) in [6, 6.07) is 7.32. The van der Waals surface area contributed by atoms with Crippen LogP contribution in [0, 0.1) is 0 Å². The predicted octanol–water partition coefficient (Wildman–Crippen LogP) is 4.01. The quantitative estimate of drug-likeness (QED) is 0.403. The van der Waals surface area contributed by atoms with E-state index in [1.54, 1.807) is 0 Å². The van der Waals surface area contributed by atoms with Gasteiger partial charge in [-0.1, -0.05) is 25.5 Å². The molecule has 0 unspecified atom stereocenters. The maximum absolute atomic E-state index is 11.7. The van der Waals surface area contributed by atoms with Crippen LogP contribution in [0.3, 0.4) is 0 Å². The number of carbonyl (C=O) groups is 1. The number of unbranched alkanes of at least 4 members (excludes halogenated alkanes) is 1. The van der Waals surface area contributed by atoms with Crippen molar-refractivity contribution in [3.8, 4) is 5.75 Å². The molecule has 17 heavy (non-hydrogen) atoms. The van der Waals surface area contributed by atoms with E-state index in [0.717, 1.165) is 36.3 Å². The Balaban J connectivity index is 2.55. The first kappa shape index (κ1) is 13.5. The topological polar surface area (TPSA) is 26.3 Å². The minimum absolute atomic E-state index is 0.109. The highest BCUT2D eigenvalue weighted by Gasteiger charge is 2.05. The van der Waals surface area contributed by atoms with E-state index in [2.05, 4.69) is 13.5 Å². The van der Waals surface area contributed by atoms with Gasteiger partial charge in [-0.15, -0.1) is 0 Å². The van der Waals surface area contributed by atoms with Crippen LogP contribution in [0.5, 0.6) is 5.75 Å². The summed E-state index contributed by atoms with van der Waals surface area (Å²) < 4.78 is 5.53. The fraction of sp³-hybridized carbons (Fsp3) is 0.400. The van der Waals surface area contributed by atoms with Gasteiger partial charge in [-0.2, -0.15) is 0 Å². The first-order valence-corrected chi connectivity index (χ1v) is 6.04. The van der Waals surface area contributed by atoms with E-state index >= 15 is 0 Å². The van der Waals surface area contributed by atoms with Crippen molar-refractivity contribution >= 4 is 5.78 Å². The fourth-order valence-corrected chi connectivity index (χ4v) is 1.45. The van der Waals surface area contributed by atoms with Crippen LogP contribution in [-0.4, -0.2) is 12.4 Å². The van der Waals surface area contributed by atoms with Gasteiger partial charge in [0.1, 0.15) is 5.75 Å². The Bertz CT molecular complexity index is 376. The number of allylic oxidation sites excluding steroid dienone is 1. The molecule has 2 heteroatoms. The van der Waals surface area contributed by atoms with Crippen LogP contribution in [-0.2, 0) is 0 Å². The Labute approximate surface area is 103 Å². The van der Waals surface area contributed by atoms with Crippen LogP contribution in [0.15, 0.2) is 36.4 Å². The molecule has 0 aliphatic carbocycles. The number of hydrogen-bond acceptors (Lipinski definition) is 2. The van der Waals surface area contributed by atoms with E-state index in [-0.39, 0.29) is 5.78 Å². The number of rotatable bonds is 7. The number of Topliss-reactive ketones (excluding diaryl/α,β-unsaturated/α-hetero) is 1. The van der Waals surface area contributed by atoms with Crippen molar-refractivity contribution in [2.75, 3.05) is 6.61 Å². The molecule has 1 rings (SSSR count). The molecule has 2 nitrogen and oxygen atoms in total. The van der Waals surface area contributed by atoms with Crippen molar-refractivity contribution < 1.29 is 9.53 Å². The summed E-state index contributed by atoms with van der Waals surface area (Å²) in [4.78, 5) is 11.7. The van der Waals surface area contributed by atoms with Crippen LogP contribution in [0.25, 0.3) is 0 Å². The van der Waals surface area contributed by atoms with Crippen molar-refractivity contribution in [3.05, 3.63) is 42.0 Å². The zero-order valence-electron chi connectivity index (χ0n) is 10.7. The number of benzene rings is 1. The third kappa shape index (κ3) is 4.85. The second kappa shape index (κ2) is 6.89. The van der Waals surface area contributed by atoms with Gasteiger partial charge in [0.05, 0.1) is 6.61 Å². The summed E-state index contributed by atoms with van der Waals surface area (Å²) in [7, 11) is 0. The van der Waals surface area contributed by atoms with Crippen molar-refractivity contribution in [2.24, 2.45) is 0 Å². The summed E-state index contributed by atoms with van der Waals surface area (Å²) in [5, 5.41) is 0. The van der Waals surface area contributed by atoms with E-state index < -0.39 is 0 Å². The average Bonchev–Trinajstić information content (AvgIpc) is 2.29. The van der Waals surface area contributed by atoms with Crippen molar-refractivity contribution in [1.82, 2.24) is 0 Å².